The molecule has 0 amide bonds. The number of nitrogens with zero attached hydrogens (tertiary/aromatic N) is 2. The molecule has 1 heterocycles. The van der Waals surface area contributed by atoms with Crippen LogP contribution in [0, 0.1) is 0 Å². The van der Waals surface area contributed by atoms with Crippen LogP contribution < -0.4 is 5.32 Å². The van der Waals surface area contributed by atoms with Crippen LogP contribution in [0.1, 0.15) is 37.5 Å². The minimum Gasteiger partial charge on any atom is -0.480 e. The minimum absolute atomic E-state index is 0.124. The van der Waals surface area contributed by atoms with Crippen molar-refractivity contribution >= 4 is 5.97 Å². The summed E-state index contributed by atoms with van der Waals surface area (Å²) in [6.07, 6.45) is 5.95. The fourth-order valence-corrected chi connectivity index (χ4v) is 2.06. The first-order chi connectivity index (χ1) is 7.65. The third-order valence-electron chi connectivity index (χ3n) is 3.14. The lowest BCUT2D eigenvalue weighted by molar-refractivity contribution is -0.140. The van der Waals surface area contributed by atoms with Crippen molar-refractivity contribution in [3.05, 3.63) is 18.2 Å². The Morgan fingerprint density at radius 3 is 2.88 bits per heavy atom. The maximum absolute atomic E-state index is 11.1. The molecule has 0 aliphatic heterocycles. The molecule has 2 rings (SSSR count). The maximum atomic E-state index is 11.1. The zero-order valence-electron chi connectivity index (χ0n) is 9.55. The number of carbonyl (C=O) groups is 1. The van der Waals surface area contributed by atoms with Gasteiger partial charge < -0.3 is 15.0 Å². The van der Waals surface area contributed by atoms with Crippen molar-refractivity contribution in [2.45, 2.75) is 37.8 Å². The number of rotatable bonds is 5. The average Bonchev–Trinajstić information content (AvgIpc) is 2.96. The molecule has 0 radical (unpaired) electrons. The summed E-state index contributed by atoms with van der Waals surface area (Å²) in [5.41, 5.74) is 0. The summed E-state index contributed by atoms with van der Waals surface area (Å²) in [5.74, 6) is 0.725. The first kappa shape index (κ1) is 11.1. The first-order valence-corrected chi connectivity index (χ1v) is 5.58. The number of imidazole rings is 1. The largest absolute Gasteiger partial charge is 0.480 e. The zero-order chi connectivity index (χ0) is 11.7. The molecule has 0 aromatic carbocycles. The second-order valence-electron chi connectivity index (χ2n) is 4.31. The number of aromatic nitrogens is 2. The molecule has 1 aliphatic carbocycles. The molecule has 2 N–H and O–H groups in total. The highest BCUT2D eigenvalue weighted by atomic mass is 16.4. The molecule has 5 nitrogen and oxygen atoms in total. The zero-order valence-corrected chi connectivity index (χ0v) is 9.55. The molecule has 0 saturated heterocycles. The van der Waals surface area contributed by atoms with E-state index in [1.807, 2.05) is 17.7 Å². The third kappa shape index (κ3) is 1.95. The molecule has 1 saturated carbocycles. The van der Waals surface area contributed by atoms with Gasteiger partial charge in [-0.3, -0.25) is 4.79 Å². The summed E-state index contributed by atoms with van der Waals surface area (Å²) in [5, 5.41) is 11.9. The molecule has 1 aliphatic rings. The molecule has 0 bridgehead atoms. The predicted octanol–water partition coefficient (Wildman–Crippen LogP) is 0.994. The standard InChI is InChI=1S/C11H17N3O2/c1-7(9(12-2)11(15)16)14-6-5-13-10(14)8-3-4-8/h5-9,12H,3-4H2,1-2H3,(H,15,16). The Bertz CT molecular complexity index is 384. The van der Waals surface area contributed by atoms with E-state index in [4.69, 9.17) is 5.11 Å². The summed E-state index contributed by atoms with van der Waals surface area (Å²) < 4.78 is 1.98. The highest BCUT2D eigenvalue weighted by Crippen LogP contribution is 2.40. The summed E-state index contributed by atoms with van der Waals surface area (Å²) in [6.45, 7) is 1.91. The summed E-state index contributed by atoms with van der Waals surface area (Å²) in [7, 11) is 1.67. The van der Waals surface area contributed by atoms with Gasteiger partial charge in [0.1, 0.15) is 11.9 Å². The molecule has 2 unspecified atom stereocenters. The molecule has 5 heteroatoms. The van der Waals surface area contributed by atoms with E-state index < -0.39 is 12.0 Å². The first-order valence-electron chi connectivity index (χ1n) is 5.58. The molecule has 1 aromatic heterocycles. The van der Waals surface area contributed by atoms with Crippen molar-refractivity contribution in [3.63, 3.8) is 0 Å². The van der Waals surface area contributed by atoms with Crippen LogP contribution in [-0.2, 0) is 4.79 Å². The minimum atomic E-state index is -0.828. The third-order valence-corrected chi connectivity index (χ3v) is 3.14. The van der Waals surface area contributed by atoms with Crippen LogP contribution in [0.5, 0.6) is 0 Å². The SMILES string of the molecule is CNC(C(=O)O)C(C)n1ccnc1C1CC1. The van der Waals surface area contributed by atoms with E-state index in [1.54, 1.807) is 13.2 Å². The maximum Gasteiger partial charge on any atom is 0.322 e. The second kappa shape index (κ2) is 4.25. The van der Waals surface area contributed by atoms with Crippen molar-refractivity contribution in [1.82, 2.24) is 14.9 Å². The summed E-state index contributed by atoms with van der Waals surface area (Å²) >= 11 is 0. The van der Waals surface area contributed by atoms with E-state index in [9.17, 15) is 4.79 Å². The van der Waals surface area contributed by atoms with E-state index in [0.29, 0.717) is 5.92 Å². The highest BCUT2D eigenvalue weighted by molar-refractivity contribution is 5.74. The van der Waals surface area contributed by atoms with Gasteiger partial charge in [0.25, 0.3) is 0 Å². The molecular formula is C11H17N3O2. The second-order valence-corrected chi connectivity index (χ2v) is 4.31. The normalized spacial score (nSPS) is 19.4. The van der Waals surface area contributed by atoms with Crippen LogP contribution >= 0.6 is 0 Å². The highest BCUT2D eigenvalue weighted by Gasteiger charge is 2.32. The quantitative estimate of drug-likeness (QED) is 0.781. The Morgan fingerprint density at radius 2 is 2.38 bits per heavy atom. The molecule has 16 heavy (non-hydrogen) atoms. The van der Waals surface area contributed by atoms with Gasteiger partial charge in [-0.2, -0.15) is 0 Å². The van der Waals surface area contributed by atoms with Gasteiger partial charge in [-0.1, -0.05) is 0 Å². The lowest BCUT2D eigenvalue weighted by Crippen LogP contribution is -2.40. The van der Waals surface area contributed by atoms with Gasteiger partial charge in [0, 0.05) is 18.3 Å². The Kier molecular flexibility index (Phi) is 2.96. The van der Waals surface area contributed by atoms with Gasteiger partial charge in [-0.15, -0.1) is 0 Å². The molecule has 0 spiro atoms. The monoisotopic (exact) mass is 223 g/mol. The van der Waals surface area contributed by atoms with Crippen molar-refractivity contribution in [3.8, 4) is 0 Å². The van der Waals surface area contributed by atoms with E-state index in [1.165, 1.54) is 12.8 Å². The van der Waals surface area contributed by atoms with E-state index >= 15 is 0 Å². The lowest BCUT2D eigenvalue weighted by atomic mass is 10.1. The Morgan fingerprint density at radius 1 is 1.69 bits per heavy atom. The van der Waals surface area contributed by atoms with Crippen LogP contribution in [0.2, 0.25) is 0 Å². The number of hydrogen-bond donors (Lipinski definition) is 2. The predicted molar refractivity (Wildman–Crippen MR) is 59.4 cm³/mol. The van der Waals surface area contributed by atoms with Crippen LogP contribution in [0.4, 0.5) is 0 Å². The van der Waals surface area contributed by atoms with Gasteiger partial charge in [-0.25, -0.2) is 4.98 Å². The number of carboxylic acids is 1. The topological polar surface area (TPSA) is 67.2 Å². The molecule has 1 fully saturated rings. The smallest absolute Gasteiger partial charge is 0.322 e. The molecule has 88 valence electrons. The lowest BCUT2D eigenvalue weighted by Gasteiger charge is -2.22. The van der Waals surface area contributed by atoms with Gasteiger partial charge in [0.05, 0.1) is 6.04 Å². The van der Waals surface area contributed by atoms with Crippen LogP contribution in [-0.4, -0.2) is 33.7 Å². The van der Waals surface area contributed by atoms with Gasteiger partial charge >= 0.3 is 5.97 Å². The van der Waals surface area contributed by atoms with Crippen LogP contribution in [0.25, 0.3) is 0 Å². The molecule has 1 aromatic rings. The summed E-state index contributed by atoms with van der Waals surface area (Å²) in [6, 6.07) is -0.702. The number of aliphatic carboxylic acids is 1. The van der Waals surface area contributed by atoms with Crippen molar-refractivity contribution in [2.75, 3.05) is 7.05 Å². The number of carboxylic acid groups (broad SMARTS) is 1. The Hall–Kier alpha value is -1.36. The van der Waals surface area contributed by atoms with E-state index in [2.05, 4.69) is 10.3 Å². The van der Waals surface area contributed by atoms with Gasteiger partial charge in [0.15, 0.2) is 0 Å². The number of nitrogens with one attached hydrogen (secondary N) is 1. The number of hydrogen-bond acceptors (Lipinski definition) is 3. The van der Waals surface area contributed by atoms with Crippen molar-refractivity contribution < 1.29 is 9.90 Å². The number of likely N-dealkylation sites (N-methyl/N-ethyl adjacent to an activating group) is 1. The van der Waals surface area contributed by atoms with Crippen molar-refractivity contribution in [2.24, 2.45) is 0 Å². The fourth-order valence-electron chi connectivity index (χ4n) is 2.06. The van der Waals surface area contributed by atoms with Gasteiger partial charge in [-0.05, 0) is 26.8 Å². The van der Waals surface area contributed by atoms with E-state index in [-0.39, 0.29) is 6.04 Å². The van der Waals surface area contributed by atoms with E-state index in [0.717, 1.165) is 5.82 Å². The average molecular weight is 223 g/mol. The van der Waals surface area contributed by atoms with Gasteiger partial charge in [0.2, 0.25) is 0 Å². The Balaban J connectivity index is 2.21. The fraction of sp³-hybridized carbons (Fsp3) is 0.636. The van der Waals surface area contributed by atoms with Crippen LogP contribution in [0.3, 0.4) is 0 Å². The molecular weight excluding hydrogens is 206 g/mol. The summed E-state index contributed by atoms with van der Waals surface area (Å²) in [4.78, 5) is 15.4. The molecule has 2 atom stereocenters. The van der Waals surface area contributed by atoms with Crippen molar-refractivity contribution in [1.29, 1.82) is 0 Å². The Labute approximate surface area is 94.5 Å². The van der Waals surface area contributed by atoms with Crippen LogP contribution in [0.15, 0.2) is 12.4 Å².